The summed E-state index contributed by atoms with van der Waals surface area (Å²) in [6.45, 7) is 11.1. The average molecular weight is 440 g/mol. The molecule has 1 saturated heterocycles. The van der Waals surface area contributed by atoms with Crippen LogP contribution in [0.4, 0.5) is 0 Å². The van der Waals surface area contributed by atoms with Gasteiger partial charge < -0.3 is 24.5 Å². The third-order valence-corrected chi connectivity index (χ3v) is 5.11. The Balaban J connectivity index is 1.52. The highest BCUT2D eigenvalue weighted by Crippen LogP contribution is 2.31. The van der Waals surface area contributed by atoms with E-state index in [4.69, 9.17) is 24.5 Å². The highest BCUT2D eigenvalue weighted by atomic mass is 16.7. The molecule has 2 aromatic heterocycles. The van der Waals surface area contributed by atoms with Gasteiger partial charge in [-0.25, -0.2) is 9.97 Å². The van der Waals surface area contributed by atoms with E-state index in [2.05, 4.69) is 20.1 Å². The molecule has 0 saturated carbocycles. The normalized spacial score (nSPS) is 17.6. The number of ether oxygens (including phenoxy) is 3. The van der Waals surface area contributed by atoms with E-state index in [1.807, 2.05) is 52.8 Å². The first kappa shape index (κ1) is 22.3. The first-order chi connectivity index (χ1) is 15.2. The number of nitrogens with zero attached hydrogens (tertiary/aromatic N) is 4. The Morgan fingerprint density at radius 1 is 1.09 bits per heavy atom. The maximum Gasteiger partial charge on any atom is 0.276 e. The molecule has 0 amide bonds. The second-order valence-electron chi connectivity index (χ2n) is 8.47. The van der Waals surface area contributed by atoms with E-state index in [0.29, 0.717) is 49.4 Å². The number of rotatable bonds is 7. The van der Waals surface area contributed by atoms with Crippen LogP contribution in [-0.2, 0) is 15.9 Å². The van der Waals surface area contributed by atoms with Crippen molar-refractivity contribution >= 4 is 0 Å². The molecule has 0 bridgehead atoms. The molecule has 2 N–H and O–H groups in total. The van der Waals surface area contributed by atoms with E-state index in [1.54, 1.807) is 0 Å². The van der Waals surface area contributed by atoms with Gasteiger partial charge in [0.1, 0.15) is 30.0 Å². The monoisotopic (exact) mass is 439 g/mol. The SMILES string of the molecule is Cc1cc(-c2nc(-c3cc(C)c(OCC4COC(C)(C)O4)c(C)c3)no2)nc(CCN)n1. The molecule has 0 aliphatic carbocycles. The Labute approximate surface area is 187 Å². The molecule has 1 aliphatic heterocycles. The van der Waals surface area contributed by atoms with Crippen molar-refractivity contribution in [2.45, 2.75) is 52.9 Å². The van der Waals surface area contributed by atoms with E-state index < -0.39 is 5.79 Å². The summed E-state index contributed by atoms with van der Waals surface area (Å²) >= 11 is 0. The smallest absolute Gasteiger partial charge is 0.276 e. The Kier molecular flexibility index (Phi) is 6.23. The highest BCUT2D eigenvalue weighted by Gasteiger charge is 2.33. The maximum absolute atomic E-state index is 6.06. The lowest BCUT2D eigenvalue weighted by Crippen LogP contribution is -2.25. The number of nitrogens with two attached hydrogens (primary N) is 1. The zero-order chi connectivity index (χ0) is 22.9. The van der Waals surface area contributed by atoms with Crippen LogP contribution in [0, 0.1) is 20.8 Å². The third-order valence-electron chi connectivity index (χ3n) is 5.11. The Morgan fingerprint density at radius 2 is 1.84 bits per heavy atom. The molecule has 32 heavy (non-hydrogen) atoms. The number of aryl methyl sites for hydroxylation is 3. The summed E-state index contributed by atoms with van der Waals surface area (Å²) in [6.07, 6.45) is 0.495. The van der Waals surface area contributed by atoms with Gasteiger partial charge in [-0.1, -0.05) is 5.16 Å². The zero-order valence-electron chi connectivity index (χ0n) is 19.1. The van der Waals surface area contributed by atoms with Crippen molar-refractivity contribution in [2.75, 3.05) is 19.8 Å². The molecule has 1 aliphatic rings. The number of hydrogen-bond acceptors (Lipinski definition) is 9. The summed E-state index contributed by atoms with van der Waals surface area (Å²) in [7, 11) is 0. The van der Waals surface area contributed by atoms with Gasteiger partial charge in [0.05, 0.1) is 6.61 Å². The van der Waals surface area contributed by atoms with Gasteiger partial charge in [0.15, 0.2) is 5.79 Å². The second-order valence-corrected chi connectivity index (χ2v) is 8.47. The fourth-order valence-corrected chi connectivity index (χ4v) is 3.75. The molecule has 170 valence electrons. The molecular weight excluding hydrogens is 410 g/mol. The lowest BCUT2D eigenvalue weighted by molar-refractivity contribution is -0.141. The van der Waals surface area contributed by atoms with Crippen LogP contribution in [-0.4, -0.2) is 51.8 Å². The molecule has 0 radical (unpaired) electrons. The second kappa shape index (κ2) is 8.93. The molecule has 3 aromatic rings. The number of aromatic nitrogens is 4. The van der Waals surface area contributed by atoms with Crippen LogP contribution in [0.15, 0.2) is 22.7 Å². The lowest BCUT2D eigenvalue weighted by atomic mass is 10.1. The molecule has 9 heteroatoms. The largest absolute Gasteiger partial charge is 0.490 e. The molecule has 1 aromatic carbocycles. The fraction of sp³-hybridized carbons (Fsp3) is 0.478. The topological polar surface area (TPSA) is 118 Å². The van der Waals surface area contributed by atoms with Gasteiger partial charge in [0, 0.05) is 17.7 Å². The molecule has 1 unspecified atom stereocenters. The van der Waals surface area contributed by atoms with Gasteiger partial charge >= 0.3 is 0 Å². The molecule has 9 nitrogen and oxygen atoms in total. The van der Waals surface area contributed by atoms with Gasteiger partial charge in [-0.3, -0.25) is 0 Å². The predicted molar refractivity (Wildman–Crippen MR) is 118 cm³/mol. The van der Waals surface area contributed by atoms with Gasteiger partial charge in [0.25, 0.3) is 5.89 Å². The van der Waals surface area contributed by atoms with Crippen LogP contribution in [0.2, 0.25) is 0 Å². The Morgan fingerprint density at radius 3 is 2.50 bits per heavy atom. The van der Waals surface area contributed by atoms with Gasteiger partial charge in [-0.2, -0.15) is 4.98 Å². The third kappa shape index (κ3) is 4.95. The summed E-state index contributed by atoms with van der Waals surface area (Å²) < 4.78 is 23.0. The summed E-state index contributed by atoms with van der Waals surface area (Å²) in [5.74, 6) is 1.76. The quantitative estimate of drug-likeness (QED) is 0.592. The van der Waals surface area contributed by atoms with Crippen molar-refractivity contribution in [2.24, 2.45) is 5.73 Å². The van der Waals surface area contributed by atoms with Gasteiger partial charge in [0.2, 0.25) is 5.82 Å². The van der Waals surface area contributed by atoms with Crippen LogP contribution in [0.25, 0.3) is 23.0 Å². The zero-order valence-corrected chi connectivity index (χ0v) is 19.1. The first-order valence-corrected chi connectivity index (χ1v) is 10.7. The van der Waals surface area contributed by atoms with Crippen molar-refractivity contribution in [3.05, 3.63) is 40.8 Å². The highest BCUT2D eigenvalue weighted by molar-refractivity contribution is 5.62. The van der Waals surface area contributed by atoms with Crippen molar-refractivity contribution in [1.29, 1.82) is 0 Å². The standard InChI is InChI=1S/C23H29N5O4/c1-13-8-16(9-14(2)20(13)29-11-17-12-30-23(4,5)31-17)21-27-22(32-28-21)18-10-15(3)25-19(26-18)6-7-24/h8-10,17H,6-7,11-12,24H2,1-5H3. The summed E-state index contributed by atoms with van der Waals surface area (Å²) in [5, 5.41) is 4.16. The van der Waals surface area contributed by atoms with Crippen molar-refractivity contribution in [1.82, 2.24) is 20.1 Å². The van der Waals surface area contributed by atoms with E-state index in [-0.39, 0.29) is 6.10 Å². The molecular formula is C23H29N5O4. The van der Waals surface area contributed by atoms with Crippen molar-refractivity contribution in [3.63, 3.8) is 0 Å². The molecule has 1 fully saturated rings. The van der Waals surface area contributed by atoms with E-state index >= 15 is 0 Å². The number of benzene rings is 1. The molecule has 4 rings (SSSR count). The fourth-order valence-electron chi connectivity index (χ4n) is 3.75. The average Bonchev–Trinajstić information content (AvgIpc) is 3.34. The van der Waals surface area contributed by atoms with Crippen LogP contribution in [0.5, 0.6) is 5.75 Å². The molecule has 0 spiro atoms. The predicted octanol–water partition coefficient (Wildman–Crippen LogP) is 3.15. The van der Waals surface area contributed by atoms with Crippen LogP contribution >= 0.6 is 0 Å². The van der Waals surface area contributed by atoms with Crippen molar-refractivity contribution in [3.8, 4) is 28.7 Å². The van der Waals surface area contributed by atoms with E-state index in [0.717, 1.165) is 28.1 Å². The number of hydrogen-bond donors (Lipinski definition) is 1. The van der Waals surface area contributed by atoms with Crippen LogP contribution < -0.4 is 10.5 Å². The van der Waals surface area contributed by atoms with E-state index in [1.165, 1.54) is 0 Å². The first-order valence-electron chi connectivity index (χ1n) is 10.7. The Hall–Kier alpha value is -2.88. The molecule has 1 atom stereocenters. The molecule has 3 heterocycles. The summed E-state index contributed by atoms with van der Waals surface area (Å²) in [6, 6.07) is 5.79. The van der Waals surface area contributed by atoms with Gasteiger partial charge in [-0.05, 0) is 70.5 Å². The van der Waals surface area contributed by atoms with Crippen molar-refractivity contribution < 1.29 is 18.7 Å². The minimum absolute atomic E-state index is 0.0938. The maximum atomic E-state index is 6.06. The minimum atomic E-state index is -0.564. The Bertz CT molecular complexity index is 1090. The lowest BCUT2D eigenvalue weighted by Gasteiger charge is -2.18. The van der Waals surface area contributed by atoms with Crippen LogP contribution in [0.3, 0.4) is 0 Å². The summed E-state index contributed by atoms with van der Waals surface area (Å²) in [4.78, 5) is 13.4. The van der Waals surface area contributed by atoms with E-state index in [9.17, 15) is 0 Å². The summed E-state index contributed by atoms with van der Waals surface area (Å²) in [5.41, 5.74) is 9.85. The minimum Gasteiger partial charge on any atom is -0.490 e. The van der Waals surface area contributed by atoms with Gasteiger partial charge in [-0.15, -0.1) is 0 Å². The van der Waals surface area contributed by atoms with Crippen LogP contribution in [0.1, 0.15) is 36.5 Å².